The van der Waals surface area contributed by atoms with Gasteiger partial charge in [-0.2, -0.15) is 0 Å². The molecule has 21 heavy (non-hydrogen) atoms. The van der Waals surface area contributed by atoms with Crippen LogP contribution >= 0.6 is 15.9 Å². The van der Waals surface area contributed by atoms with Crippen LogP contribution in [0.5, 0.6) is 0 Å². The molecule has 1 saturated carbocycles. The molecule has 1 aliphatic rings. The number of rotatable bonds is 3. The molecule has 0 aliphatic heterocycles. The van der Waals surface area contributed by atoms with E-state index in [1.165, 1.54) is 25.7 Å². The van der Waals surface area contributed by atoms with Crippen molar-refractivity contribution < 1.29 is 0 Å². The highest BCUT2D eigenvalue weighted by atomic mass is 79.9. The number of nitrogen functional groups attached to an aromatic ring is 1. The number of benzene rings is 1. The lowest BCUT2D eigenvalue weighted by atomic mass is 9.83. The Balaban J connectivity index is 1.79. The van der Waals surface area contributed by atoms with Gasteiger partial charge in [-0.05, 0) is 42.9 Å². The summed E-state index contributed by atoms with van der Waals surface area (Å²) in [5.74, 6) is 1.65. The van der Waals surface area contributed by atoms with Gasteiger partial charge in [-0.15, -0.1) is 0 Å². The summed E-state index contributed by atoms with van der Waals surface area (Å²) in [5, 5.41) is 4.67. The molecular formula is C17H22BrN3. The Bertz CT molecular complexity index is 628. The first-order valence-corrected chi connectivity index (χ1v) is 8.50. The second-order valence-corrected chi connectivity index (χ2v) is 7.17. The summed E-state index contributed by atoms with van der Waals surface area (Å²) in [6.45, 7) is 3.36. The maximum absolute atomic E-state index is 6.13. The first kappa shape index (κ1) is 14.6. The molecule has 0 radical (unpaired) electrons. The fourth-order valence-corrected chi connectivity index (χ4v) is 3.52. The molecule has 0 saturated heterocycles. The van der Waals surface area contributed by atoms with Gasteiger partial charge < -0.3 is 11.1 Å². The van der Waals surface area contributed by atoms with Crippen LogP contribution in [0.15, 0.2) is 28.9 Å². The van der Waals surface area contributed by atoms with Crippen molar-refractivity contribution >= 4 is 38.2 Å². The highest BCUT2D eigenvalue weighted by Gasteiger charge is 2.18. The average Bonchev–Trinajstić information content (AvgIpc) is 2.48. The van der Waals surface area contributed by atoms with Gasteiger partial charge in [0.15, 0.2) is 0 Å². The zero-order valence-electron chi connectivity index (χ0n) is 12.4. The van der Waals surface area contributed by atoms with Crippen LogP contribution in [0.25, 0.3) is 10.9 Å². The molecule has 112 valence electrons. The maximum Gasteiger partial charge on any atom is 0.0743 e. The monoisotopic (exact) mass is 347 g/mol. The third kappa shape index (κ3) is 3.31. The molecule has 0 spiro atoms. The van der Waals surface area contributed by atoms with E-state index in [0.717, 1.165) is 45.1 Å². The predicted molar refractivity (Wildman–Crippen MR) is 93.5 cm³/mol. The van der Waals surface area contributed by atoms with Crippen molar-refractivity contribution in [1.29, 1.82) is 0 Å². The van der Waals surface area contributed by atoms with Crippen LogP contribution in [0.1, 0.15) is 32.6 Å². The minimum Gasteiger partial charge on any atom is -0.396 e. The van der Waals surface area contributed by atoms with Crippen LogP contribution in [0.4, 0.5) is 11.4 Å². The number of nitrogens with one attached hydrogen (secondary N) is 1. The Kier molecular flexibility index (Phi) is 4.34. The molecule has 2 aromatic rings. The van der Waals surface area contributed by atoms with Crippen LogP contribution in [0.2, 0.25) is 0 Å². The molecule has 1 aromatic carbocycles. The number of halogens is 1. The molecule has 1 heterocycles. The zero-order valence-corrected chi connectivity index (χ0v) is 14.0. The fourth-order valence-electron chi connectivity index (χ4n) is 3.16. The molecule has 3 nitrogen and oxygen atoms in total. The smallest absolute Gasteiger partial charge is 0.0743 e. The van der Waals surface area contributed by atoms with E-state index in [-0.39, 0.29) is 0 Å². The first-order chi connectivity index (χ1) is 10.1. The van der Waals surface area contributed by atoms with E-state index in [9.17, 15) is 0 Å². The topological polar surface area (TPSA) is 50.9 Å². The third-order valence-corrected chi connectivity index (χ3v) is 5.06. The molecule has 4 heteroatoms. The van der Waals surface area contributed by atoms with Crippen molar-refractivity contribution in [1.82, 2.24) is 4.98 Å². The van der Waals surface area contributed by atoms with Crippen LogP contribution in [0, 0.1) is 11.8 Å². The summed E-state index contributed by atoms with van der Waals surface area (Å²) in [7, 11) is 0. The molecule has 3 N–H and O–H groups in total. The van der Waals surface area contributed by atoms with Crippen molar-refractivity contribution in [3.8, 4) is 0 Å². The maximum atomic E-state index is 6.13. The molecule has 3 rings (SSSR count). The van der Waals surface area contributed by atoms with Crippen LogP contribution in [0.3, 0.4) is 0 Å². The number of pyridine rings is 1. The van der Waals surface area contributed by atoms with E-state index in [1.54, 1.807) is 6.20 Å². The highest BCUT2D eigenvalue weighted by molar-refractivity contribution is 9.10. The van der Waals surface area contributed by atoms with E-state index < -0.39 is 0 Å². The summed E-state index contributed by atoms with van der Waals surface area (Å²) >= 11 is 3.53. The summed E-state index contributed by atoms with van der Waals surface area (Å²) in [6, 6.07) is 6.12. The number of fused-ring (bicyclic) bond motifs is 1. The van der Waals surface area contributed by atoms with Crippen molar-refractivity contribution in [2.24, 2.45) is 11.8 Å². The lowest BCUT2D eigenvalue weighted by Crippen LogP contribution is -2.20. The lowest BCUT2D eigenvalue weighted by molar-refractivity contribution is 0.300. The molecule has 0 bridgehead atoms. The summed E-state index contributed by atoms with van der Waals surface area (Å²) < 4.78 is 1.05. The van der Waals surface area contributed by atoms with Gasteiger partial charge in [0, 0.05) is 16.4 Å². The minimum absolute atomic E-state index is 0.727. The highest BCUT2D eigenvalue weighted by Crippen LogP contribution is 2.32. The van der Waals surface area contributed by atoms with Gasteiger partial charge >= 0.3 is 0 Å². The Morgan fingerprint density at radius 1 is 1.29 bits per heavy atom. The Hall–Kier alpha value is -1.29. The molecule has 0 amide bonds. The number of nitrogens with zero attached hydrogens (tertiary/aromatic N) is 1. The summed E-state index contributed by atoms with van der Waals surface area (Å²) in [5.41, 5.74) is 8.87. The number of anilines is 2. The summed E-state index contributed by atoms with van der Waals surface area (Å²) in [4.78, 5) is 4.40. The van der Waals surface area contributed by atoms with Gasteiger partial charge in [-0.3, -0.25) is 4.98 Å². The normalized spacial score (nSPS) is 22.4. The fraction of sp³-hybridized carbons (Fsp3) is 0.471. The van der Waals surface area contributed by atoms with Gasteiger partial charge in [0.2, 0.25) is 0 Å². The van der Waals surface area contributed by atoms with Crippen molar-refractivity contribution in [2.45, 2.75) is 32.6 Å². The number of hydrogen-bond donors (Lipinski definition) is 2. The van der Waals surface area contributed by atoms with E-state index >= 15 is 0 Å². The number of aromatic nitrogens is 1. The molecule has 1 aliphatic carbocycles. The Labute approximate surface area is 134 Å². The second-order valence-electron chi connectivity index (χ2n) is 6.26. The SMILES string of the molecule is CC1CCC(CNc2c(N)cnc3ccc(Br)cc23)CC1. The van der Waals surface area contributed by atoms with Gasteiger partial charge in [-0.1, -0.05) is 35.7 Å². The van der Waals surface area contributed by atoms with E-state index in [0.29, 0.717) is 0 Å². The largest absolute Gasteiger partial charge is 0.396 e. The first-order valence-electron chi connectivity index (χ1n) is 7.71. The van der Waals surface area contributed by atoms with Gasteiger partial charge in [0.05, 0.1) is 23.1 Å². The van der Waals surface area contributed by atoms with Gasteiger partial charge in [0.1, 0.15) is 0 Å². The minimum atomic E-state index is 0.727. The quantitative estimate of drug-likeness (QED) is 0.836. The van der Waals surface area contributed by atoms with Crippen molar-refractivity contribution in [2.75, 3.05) is 17.6 Å². The predicted octanol–water partition coefficient (Wildman–Crippen LogP) is 4.82. The molecular weight excluding hydrogens is 326 g/mol. The molecule has 1 fully saturated rings. The Morgan fingerprint density at radius 3 is 2.81 bits per heavy atom. The van der Waals surface area contributed by atoms with E-state index in [2.05, 4.69) is 39.2 Å². The van der Waals surface area contributed by atoms with Crippen molar-refractivity contribution in [3.05, 3.63) is 28.9 Å². The number of hydrogen-bond acceptors (Lipinski definition) is 3. The second kappa shape index (κ2) is 6.22. The lowest BCUT2D eigenvalue weighted by Gasteiger charge is -2.27. The molecule has 0 unspecified atom stereocenters. The third-order valence-electron chi connectivity index (χ3n) is 4.56. The van der Waals surface area contributed by atoms with E-state index in [4.69, 9.17) is 5.73 Å². The summed E-state index contributed by atoms with van der Waals surface area (Å²) in [6.07, 6.45) is 7.10. The number of nitrogens with two attached hydrogens (primary N) is 1. The van der Waals surface area contributed by atoms with Crippen LogP contribution in [-0.4, -0.2) is 11.5 Å². The molecule has 1 aromatic heterocycles. The van der Waals surface area contributed by atoms with Gasteiger partial charge in [0.25, 0.3) is 0 Å². The van der Waals surface area contributed by atoms with E-state index in [1.807, 2.05) is 12.1 Å². The average molecular weight is 348 g/mol. The Morgan fingerprint density at radius 2 is 2.05 bits per heavy atom. The van der Waals surface area contributed by atoms with Crippen molar-refractivity contribution in [3.63, 3.8) is 0 Å². The zero-order chi connectivity index (χ0) is 14.8. The van der Waals surface area contributed by atoms with Gasteiger partial charge in [-0.25, -0.2) is 0 Å². The molecule has 0 atom stereocenters. The van der Waals surface area contributed by atoms with Crippen LogP contribution < -0.4 is 11.1 Å². The van der Waals surface area contributed by atoms with Crippen LogP contribution in [-0.2, 0) is 0 Å². The standard InChI is InChI=1S/C17H22BrN3/c1-11-2-4-12(5-3-11)9-21-17-14-8-13(18)6-7-16(14)20-10-15(17)19/h6-8,10-12H,2-5,9,19H2,1H3,(H,20,21).